The molecule has 0 bridgehead atoms. The third-order valence-corrected chi connectivity index (χ3v) is 5.27. The van der Waals surface area contributed by atoms with Crippen LogP contribution in [0.2, 0.25) is 0 Å². The highest BCUT2D eigenvalue weighted by atomic mass is 32.2. The van der Waals surface area contributed by atoms with Crippen LogP contribution in [-0.2, 0) is 28.4 Å². The molecule has 1 aromatic carbocycles. The Kier molecular flexibility index (Phi) is 5.47. The molecule has 28 heavy (non-hydrogen) atoms. The van der Waals surface area contributed by atoms with E-state index in [1.54, 1.807) is 38.4 Å². The number of nitrogens with zero attached hydrogens (tertiary/aromatic N) is 3. The summed E-state index contributed by atoms with van der Waals surface area (Å²) in [5.41, 5.74) is 0.756. The van der Waals surface area contributed by atoms with Crippen molar-refractivity contribution < 1.29 is 27.2 Å². The van der Waals surface area contributed by atoms with Crippen molar-refractivity contribution in [3.63, 3.8) is 0 Å². The van der Waals surface area contributed by atoms with Gasteiger partial charge in [0.15, 0.2) is 6.61 Å². The largest absolute Gasteiger partial charge is 0.497 e. The van der Waals surface area contributed by atoms with Crippen LogP contribution >= 0.6 is 0 Å². The van der Waals surface area contributed by atoms with E-state index in [-0.39, 0.29) is 23.1 Å². The third-order valence-electron chi connectivity index (χ3n) is 3.89. The summed E-state index contributed by atoms with van der Waals surface area (Å²) in [6.45, 7) is -0.255. The van der Waals surface area contributed by atoms with Gasteiger partial charge in [-0.1, -0.05) is 17.3 Å². The number of carbonyl (C=O) groups is 1. The molecule has 11 heteroatoms. The van der Waals surface area contributed by atoms with Crippen LogP contribution in [-0.4, -0.2) is 43.3 Å². The number of hydrogen-bond acceptors (Lipinski definition) is 8. The van der Waals surface area contributed by atoms with Crippen LogP contribution in [0, 0.1) is 0 Å². The quantitative estimate of drug-likeness (QED) is 0.583. The minimum atomic E-state index is -3.66. The summed E-state index contributed by atoms with van der Waals surface area (Å²) >= 11 is 0. The second kappa shape index (κ2) is 7.82. The molecule has 0 fully saturated rings. The molecule has 2 aromatic heterocycles. The van der Waals surface area contributed by atoms with E-state index in [4.69, 9.17) is 14.0 Å². The number of rotatable bonds is 7. The minimum Gasteiger partial charge on any atom is -0.497 e. The van der Waals surface area contributed by atoms with E-state index in [0.717, 1.165) is 0 Å². The fraction of sp³-hybridized carbons (Fsp3) is 0.235. The van der Waals surface area contributed by atoms with Crippen molar-refractivity contribution in [2.75, 3.05) is 14.2 Å². The molecule has 0 radical (unpaired) electrons. The number of ether oxygens (including phenoxy) is 2. The molecule has 3 aromatic rings. The standard InChI is InChI=1S/C17H18N4O6S/c1-18-28(23,24)13-8-14(21(2)9-13)17(22)26-10-15-19-16(20-27-15)11-5-4-6-12(7-11)25-3/h4-9,18H,10H2,1-3H3. The van der Waals surface area contributed by atoms with Gasteiger partial charge in [-0.05, 0) is 25.2 Å². The Bertz CT molecular complexity index is 1100. The lowest BCUT2D eigenvalue weighted by atomic mass is 10.2. The molecule has 3 rings (SSSR count). The lowest BCUT2D eigenvalue weighted by Crippen LogP contribution is -2.17. The van der Waals surface area contributed by atoms with Crippen molar-refractivity contribution in [1.29, 1.82) is 0 Å². The van der Waals surface area contributed by atoms with Gasteiger partial charge < -0.3 is 18.6 Å². The van der Waals surface area contributed by atoms with Gasteiger partial charge in [-0.15, -0.1) is 0 Å². The van der Waals surface area contributed by atoms with Gasteiger partial charge in [-0.25, -0.2) is 17.9 Å². The summed E-state index contributed by atoms with van der Waals surface area (Å²) in [4.78, 5) is 16.4. The van der Waals surface area contributed by atoms with Crippen molar-refractivity contribution in [2.45, 2.75) is 11.5 Å². The average Bonchev–Trinajstić information content (AvgIpc) is 3.33. The van der Waals surface area contributed by atoms with Crippen LogP contribution in [0.15, 0.2) is 45.9 Å². The summed E-state index contributed by atoms with van der Waals surface area (Å²) in [6.07, 6.45) is 1.32. The van der Waals surface area contributed by atoms with Crippen molar-refractivity contribution in [2.24, 2.45) is 7.05 Å². The second-order valence-corrected chi connectivity index (χ2v) is 7.59. The first-order chi connectivity index (χ1) is 13.3. The van der Waals surface area contributed by atoms with Gasteiger partial charge in [0.1, 0.15) is 16.3 Å². The number of hydrogen-bond donors (Lipinski definition) is 1. The summed E-state index contributed by atoms with van der Waals surface area (Å²) < 4.78 is 42.6. The molecule has 0 aliphatic rings. The van der Waals surface area contributed by atoms with E-state index < -0.39 is 16.0 Å². The summed E-state index contributed by atoms with van der Waals surface area (Å²) in [5, 5.41) is 3.85. The van der Waals surface area contributed by atoms with Gasteiger partial charge in [0.05, 0.1) is 7.11 Å². The van der Waals surface area contributed by atoms with E-state index in [1.807, 2.05) is 0 Å². The smallest absolute Gasteiger partial charge is 0.355 e. The predicted molar refractivity (Wildman–Crippen MR) is 97.1 cm³/mol. The van der Waals surface area contributed by atoms with Gasteiger partial charge in [-0.2, -0.15) is 4.98 Å². The Balaban J connectivity index is 1.70. The summed E-state index contributed by atoms with van der Waals surface area (Å²) in [7, 11) is 0.717. The maximum absolute atomic E-state index is 12.3. The molecule has 0 amide bonds. The molecule has 2 heterocycles. The zero-order valence-corrected chi connectivity index (χ0v) is 16.2. The Morgan fingerprint density at radius 3 is 2.82 bits per heavy atom. The van der Waals surface area contributed by atoms with E-state index in [2.05, 4.69) is 14.9 Å². The number of benzene rings is 1. The van der Waals surface area contributed by atoms with Gasteiger partial charge in [-0.3, -0.25) is 0 Å². The topological polar surface area (TPSA) is 126 Å². The molecule has 0 aliphatic carbocycles. The highest BCUT2D eigenvalue weighted by Gasteiger charge is 2.21. The molecule has 0 saturated carbocycles. The van der Waals surface area contributed by atoms with Gasteiger partial charge in [0.25, 0.3) is 5.89 Å². The number of aromatic nitrogens is 3. The van der Waals surface area contributed by atoms with Crippen LogP contribution < -0.4 is 9.46 Å². The lowest BCUT2D eigenvalue weighted by molar-refractivity contribution is 0.0418. The maximum Gasteiger partial charge on any atom is 0.355 e. The molecule has 0 atom stereocenters. The van der Waals surface area contributed by atoms with Crippen LogP contribution in [0.3, 0.4) is 0 Å². The number of nitrogens with one attached hydrogen (secondary N) is 1. The summed E-state index contributed by atoms with van der Waals surface area (Å²) in [5.74, 6) is 0.349. The van der Waals surface area contributed by atoms with Crippen molar-refractivity contribution in [3.05, 3.63) is 48.1 Å². The van der Waals surface area contributed by atoms with Crippen LogP contribution in [0.4, 0.5) is 0 Å². The van der Waals surface area contributed by atoms with E-state index >= 15 is 0 Å². The Morgan fingerprint density at radius 1 is 1.32 bits per heavy atom. The first kappa shape index (κ1) is 19.6. The first-order valence-electron chi connectivity index (χ1n) is 8.08. The lowest BCUT2D eigenvalue weighted by Gasteiger charge is -2.02. The predicted octanol–water partition coefficient (Wildman–Crippen LogP) is 1.35. The number of aryl methyl sites for hydroxylation is 1. The van der Waals surface area contributed by atoms with E-state index in [9.17, 15) is 13.2 Å². The van der Waals surface area contributed by atoms with Crippen molar-refractivity contribution >= 4 is 16.0 Å². The SMILES string of the molecule is CNS(=O)(=O)c1cc(C(=O)OCc2nc(-c3cccc(OC)c3)no2)n(C)c1. The maximum atomic E-state index is 12.3. The molecule has 0 spiro atoms. The fourth-order valence-corrected chi connectivity index (χ4v) is 3.20. The van der Waals surface area contributed by atoms with Crippen molar-refractivity contribution in [3.8, 4) is 17.1 Å². The zero-order chi connectivity index (χ0) is 20.3. The molecule has 0 saturated heterocycles. The molecule has 0 unspecified atom stereocenters. The Hall–Kier alpha value is -3.18. The summed E-state index contributed by atoms with van der Waals surface area (Å²) in [6, 6.07) is 8.33. The van der Waals surface area contributed by atoms with E-state index in [0.29, 0.717) is 17.1 Å². The van der Waals surface area contributed by atoms with Crippen molar-refractivity contribution in [1.82, 2.24) is 19.4 Å². The highest BCUT2D eigenvalue weighted by Crippen LogP contribution is 2.21. The number of methoxy groups -OCH3 is 1. The fourth-order valence-electron chi connectivity index (χ4n) is 2.40. The van der Waals surface area contributed by atoms with Crippen LogP contribution in [0.1, 0.15) is 16.4 Å². The third kappa shape index (κ3) is 4.05. The normalized spacial score (nSPS) is 11.4. The van der Waals surface area contributed by atoms with Crippen LogP contribution in [0.25, 0.3) is 11.4 Å². The number of esters is 1. The number of carbonyl (C=O) groups excluding carboxylic acids is 1. The minimum absolute atomic E-state index is 0.0393. The van der Waals surface area contributed by atoms with Crippen LogP contribution in [0.5, 0.6) is 5.75 Å². The molecular weight excluding hydrogens is 388 g/mol. The number of sulfonamides is 1. The van der Waals surface area contributed by atoms with Gasteiger partial charge >= 0.3 is 5.97 Å². The van der Waals surface area contributed by atoms with Gasteiger partial charge in [0.2, 0.25) is 15.8 Å². The molecular formula is C17H18N4O6S. The highest BCUT2D eigenvalue weighted by molar-refractivity contribution is 7.89. The Morgan fingerprint density at radius 2 is 2.11 bits per heavy atom. The van der Waals surface area contributed by atoms with Gasteiger partial charge in [0, 0.05) is 18.8 Å². The Labute approximate surface area is 161 Å². The average molecular weight is 406 g/mol. The molecule has 0 aliphatic heterocycles. The molecule has 10 nitrogen and oxygen atoms in total. The molecule has 148 valence electrons. The van der Waals surface area contributed by atoms with E-state index in [1.165, 1.54) is 23.9 Å². The first-order valence-corrected chi connectivity index (χ1v) is 9.56. The zero-order valence-electron chi connectivity index (χ0n) is 15.4. The molecule has 1 N–H and O–H groups in total. The monoisotopic (exact) mass is 406 g/mol. The second-order valence-electron chi connectivity index (χ2n) is 5.70.